The molecular formula is C19H28N4O5. The maximum absolute atomic E-state index is 12.6. The number of carbonyl (C=O) groups excluding carboxylic acids is 2. The summed E-state index contributed by atoms with van der Waals surface area (Å²) >= 11 is 0. The lowest BCUT2D eigenvalue weighted by Crippen LogP contribution is -2.54. The minimum Gasteiger partial charge on any atom is -0.480 e. The zero-order chi connectivity index (χ0) is 20.6. The first-order valence-electron chi connectivity index (χ1n) is 9.39. The summed E-state index contributed by atoms with van der Waals surface area (Å²) in [5.41, 5.74) is 5.34. The van der Waals surface area contributed by atoms with Gasteiger partial charge in [-0.15, -0.1) is 0 Å². The molecule has 0 saturated heterocycles. The molecule has 0 bridgehead atoms. The van der Waals surface area contributed by atoms with Crippen molar-refractivity contribution in [3.8, 4) is 0 Å². The fourth-order valence-corrected chi connectivity index (χ4v) is 3.15. The molecule has 0 unspecified atom stereocenters. The lowest BCUT2D eigenvalue weighted by molar-refractivity contribution is -0.162. The molecule has 0 aromatic heterocycles. The lowest BCUT2D eigenvalue weighted by Gasteiger charge is -2.37. The van der Waals surface area contributed by atoms with E-state index in [-0.39, 0.29) is 12.6 Å². The number of urea groups is 1. The van der Waals surface area contributed by atoms with Crippen molar-refractivity contribution >= 4 is 23.6 Å². The highest BCUT2D eigenvalue weighted by Crippen LogP contribution is 2.41. The third-order valence-corrected chi connectivity index (χ3v) is 5.10. The molecule has 1 aromatic rings. The van der Waals surface area contributed by atoms with E-state index in [0.29, 0.717) is 38.8 Å². The highest BCUT2D eigenvalue weighted by atomic mass is 16.4. The van der Waals surface area contributed by atoms with Crippen LogP contribution < -0.4 is 21.7 Å². The van der Waals surface area contributed by atoms with Crippen molar-refractivity contribution in [2.45, 2.75) is 44.8 Å². The summed E-state index contributed by atoms with van der Waals surface area (Å²) in [6.45, 7) is 0.733. The second-order valence-corrected chi connectivity index (χ2v) is 7.08. The maximum atomic E-state index is 12.6. The van der Waals surface area contributed by atoms with Crippen molar-refractivity contribution in [2.75, 3.05) is 18.4 Å². The number of hydrogen-bond acceptors (Lipinski definition) is 5. The van der Waals surface area contributed by atoms with Crippen LogP contribution in [0.1, 0.15) is 37.7 Å². The molecule has 1 aliphatic carbocycles. The van der Waals surface area contributed by atoms with E-state index in [0.717, 1.165) is 17.7 Å². The number of anilines is 1. The predicted octanol–water partition coefficient (Wildman–Crippen LogP) is 0.779. The molecule has 9 heteroatoms. The molecular weight excluding hydrogens is 364 g/mol. The summed E-state index contributed by atoms with van der Waals surface area (Å²) in [4.78, 5) is 34.9. The second kappa shape index (κ2) is 9.93. The molecule has 7 N–H and O–H groups in total. The zero-order valence-corrected chi connectivity index (χ0v) is 15.7. The number of aliphatic hydroxyl groups excluding tert-OH is 1. The van der Waals surface area contributed by atoms with Crippen LogP contribution in [0.4, 0.5) is 10.5 Å². The Hall–Kier alpha value is -2.81. The summed E-state index contributed by atoms with van der Waals surface area (Å²) in [6.07, 6.45) is 2.55. The number of hydrogen-bond donors (Lipinski definition) is 6. The minimum atomic E-state index is -1.33. The van der Waals surface area contributed by atoms with Gasteiger partial charge in [0.1, 0.15) is 5.41 Å². The van der Waals surface area contributed by atoms with Crippen molar-refractivity contribution in [1.29, 1.82) is 0 Å². The summed E-state index contributed by atoms with van der Waals surface area (Å²) in [7, 11) is 0. The Morgan fingerprint density at radius 3 is 2.36 bits per heavy atom. The average Bonchev–Trinajstić information content (AvgIpc) is 2.61. The van der Waals surface area contributed by atoms with Crippen LogP contribution >= 0.6 is 0 Å². The van der Waals surface area contributed by atoms with Gasteiger partial charge in [-0.05, 0) is 43.4 Å². The van der Waals surface area contributed by atoms with Crippen LogP contribution in [0.5, 0.6) is 0 Å². The summed E-state index contributed by atoms with van der Waals surface area (Å²) in [5, 5.41) is 27.1. The number of primary amides is 1. The summed E-state index contributed by atoms with van der Waals surface area (Å²) in [6, 6.07) is 6.31. The van der Waals surface area contributed by atoms with Gasteiger partial charge >= 0.3 is 12.0 Å². The molecule has 0 spiro atoms. The number of nitrogens with one attached hydrogen (secondary N) is 3. The molecule has 0 radical (unpaired) electrons. The molecule has 2 rings (SSSR count). The number of aliphatic carboxylic acids is 1. The number of carboxylic acids is 1. The van der Waals surface area contributed by atoms with Crippen LogP contribution in [0, 0.1) is 5.41 Å². The van der Waals surface area contributed by atoms with Crippen LogP contribution in [0.15, 0.2) is 24.3 Å². The minimum absolute atomic E-state index is 0.0386. The molecule has 1 aromatic carbocycles. The van der Waals surface area contributed by atoms with E-state index in [1.165, 1.54) is 0 Å². The van der Waals surface area contributed by atoms with Gasteiger partial charge in [0.05, 0.1) is 6.61 Å². The number of aliphatic hydroxyl groups is 1. The number of benzene rings is 1. The van der Waals surface area contributed by atoms with Crippen molar-refractivity contribution in [3.63, 3.8) is 0 Å². The van der Waals surface area contributed by atoms with Crippen LogP contribution in [0.25, 0.3) is 0 Å². The predicted molar refractivity (Wildman–Crippen MR) is 104 cm³/mol. The van der Waals surface area contributed by atoms with Gasteiger partial charge in [0.15, 0.2) is 0 Å². The molecule has 154 valence electrons. The molecule has 1 fully saturated rings. The van der Waals surface area contributed by atoms with Crippen LogP contribution in [0.2, 0.25) is 0 Å². The van der Waals surface area contributed by atoms with Gasteiger partial charge in [0.2, 0.25) is 5.91 Å². The third-order valence-electron chi connectivity index (χ3n) is 5.10. The van der Waals surface area contributed by atoms with Crippen LogP contribution in [0.3, 0.4) is 0 Å². The Labute approximate surface area is 163 Å². The largest absolute Gasteiger partial charge is 0.480 e. The fraction of sp³-hybridized carbons (Fsp3) is 0.526. The Balaban J connectivity index is 1.95. The third kappa shape index (κ3) is 5.59. The standard InChI is InChI=1S/C19H28N4O5/c20-18(28)21-10-1-3-15(11-22-14-6-4-13(12-24)5-7-14)23-16(25)19(17(26)27)8-2-9-19/h4-7,15,22,24H,1-3,8-12H2,(H,23,25)(H,26,27)(H3,20,21,28)/t15-/m0/s1. The van der Waals surface area contributed by atoms with Gasteiger partial charge in [-0.2, -0.15) is 0 Å². The zero-order valence-electron chi connectivity index (χ0n) is 15.7. The van der Waals surface area contributed by atoms with Crippen LogP contribution in [-0.2, 0) is 16.2 Å². The Kier molecular flexibility index (Phi) is 7.62. The fourth-order valence-electron chi connectivity index (χ4n) is 3.15. The lowest BCUT2D eigenvalue weighted by atomic mass is 9.68. The smallest absolute Gasteiger partial charge is 0.319 e. The van der Waals surface area contributed by atoms with E-state index in [1.807, 2.05) is 12.1 Å². The molecule has 1 atom stereocenters. The number of carboxylic acid groups (broad SMARTS) is 1. The highest BCUT2D eigenvalue weighted by Gasteiger charge is 2.51. The van der Waals surface area contributed by atoms with Crippen LogP contribution in [-0.4, -0.2) is 47.3 Å². The molecule has 0 heterocycles. The second-order valence-electron chi connectivity index (χ2n) is 7.08. The number of nitrogens with two attached hydrogens (primary N) is 1. The van der Waals surface area contributed by atoms with E-state index in [9.17, 15) is 19.5 Å². The van der Waals surface area contributed by atoms with Gasteiger partial charge in [0, 0.05) is 24.8 Å². The van der Waals surface area contributed by atoms with E-state index >= 15 is 0 Å². The Bertz CT molecular complexity index is 688. The first kappa shape index (κ1) is 21.5. The first-order chi connectivity index (χ1) is 13.4. The molecule has 28 heavy (non-hydrogen) atoms. The van der Waals surface area contributed by atoms with Crippen molar-refractivity contribution in [1.82, 2.24) is 10.6 Å². The Morgan fingerprint density at radius 1 is 1.18 bits per heavy atom. The quantitative estimate of drug-likeness (QED) is 0.242. The van der Waals surface area contributed by atoms with Gasteiger partial charge in [-0.3, -0.25) is 9.59 Å². The molecule has 0 aliphatic heterocycles. The Morgan fingerprint density at radius 2 is 1.86 bits per heavy atom. The van der Waals surface area contributed by atoms with Gasteiger partial charge in [0.25, 0.3) is 0 Å². The van der Waals surface area contributed by atoms with E-state index < -0.39 is 23.3 Å². The summed E-state index contributed by atoms with van der Waals surface area (Å²) in [5.74, 6) is -1.55. The molecule has 9 nitrogen and oxygen atoms in total. The number of amides is 3. The van der Waals surface area contributed by atoms with Crippen molar-refractivity contribution in [3.05, 3.63) is 29.8 Å². The first-order valence-corrected chi connectivity index (χ1v) is 9.39. The monoisotopic (exact) mass is 392 g/mol. The molecule has 1 aliphatic rings. The van der Waals surface area contributed by atoms with Crippen molar-refractivity contribution < 1.29 is 24.6 Å². The van der Waals surface area contributed by atoms with Gasteiger partial charge in [-0.25, -0.2) is 4.79 Å². The SMILES string of the molecule is NC(=O)NCCC[C@@H](CNc1ccc(CO)cc1)NC(=O)C1(C(=O)O)CCC1. The molecule has 3 amide bonds. The number of rotatable bonds is 11. The number of carbonyl (C=O) groups is 3. The van der Waals surface area contributed by atoms with E-state index in [2.05, 4.69) is 16.0 Å². The molecule has 1 saturated carbocycles. The van der Waals surface area contributed by atoms with Crippen molar-refractivity contribution in [2.24, 2.45) is 11.1 Å². The normalized spacial score (nSPS) is 15.8. The topological polar surface area (TPSA) is 154 Å². The van der Waals surface area contributed by atoms with E-state index in [4.69, 9.17) is 10.8 Å². The maximum Gasteiger partial charge on any atom is 0.319 e. The van der Waals surface area contributed by atoms with Gasteiger partial charge in [-0.1, -0.05) is 18.6 Å². The van der Waals surface area contributed by atoms with E-state index in [1.54, 1.807) is 12.1 Å². The summed E-state index contributed by atoms with van der Waals surface area (Å²) < 4.78 is 0. The average molecular weight is 392 g/mol. The highest BCUT2D eigenvalue weighted by molar-refractivity contribution is 6.02. The van der Waals surface area contributed by atoms with Gasteiger partial charge < -0.3 is 31.9 Å².